The zero-order valence-corrected chi connectivity index (χ0v) is 11.2. The van der Waals surface area contributed by atoms with Crippen molar-refractivity contribution in [1.82, 2.24) is 4.90 Å². The minimum absolute atomic E-state index is 0.138. The number of aliphatic carboxylic acids is 1. The molecule has 3 unspecified atom stereocenters. The molecule has 6 heteroatoms. The van der Waals surface area contributed by atoms with Crippen molar-refractivity contribution in [2.75, 3.05) is 13.1 Å². The first-order valence-corrected chi connectivity index (χ1v) is 6.78. The minimum Gasteiger partial charge on any atom is -0.479 e. The third-order valence-corrected chi connectivity index (χ3v) is 3.95. The van der Waals surface area contributed by atoms with Gasteiger partial charge in [0.25, 0.3) is 5.91 Å². The number of rotatable bonds is 2. The molecular weight excluding hydrogens is 250 g/mol. The molecule has 3 atom stereocenters. The fourth-order valence-corrected chi connectivity index (χ4v) is 2.69. The Morgan fingerprint density at radius 2 is 1.89 bits per heavy atom. The van der Waals surface area contributed by atoms with Gasteiger partial charge in [-0.1, -0.05) is 0 Å². The number of aliphatic hydroxyl groups is 1. The number of carbonyl (C=O) groups excluding carboxylic acids is 1. The van der Waals surface area contributed by atoms with Crippen molar-refractivity contribution in [3.8, 4) is 0 Å². The molecule has 0 aromatic carbocycles. The molecule has 2 saturated heterocycles. The Balaban J connectivity index is 1.92. The molecule has 2 heterocycles. The van der Waals surface area contributed by atoms with E-state index in [0.717, 1.165) is 6.42 Å². The molecule has 0 saturated carbocycles. The lowest BCUT2D eigenvalue weighted by atomic mass is 9.98. The summed E-state index contributed by atoms with van der Waals surface area (Å²) in [4.78, 5) is 24.8. The summed E-state index contributed by atoms with van der Waals surface area (Å²) in [7, 11) is 0. The van der Waals surface area contributed by atoms with Crippen molar-refractivity contribution in [1.29, 1.82) is 0 Å². The molecule has 19 heavy (non-hydrogen) atoms. The number of carboxylic acids is 1. The number of ether oxygens (including phenoxy) is 1. The predicted molar refractivity (Wildman–Crippen MR) is 66.6 cm³/mol. The minimum atomic E-state index is -1.01. The van der Waals surface area contributed by atoms with E-state index in [-0.39, 0.29) is 5.91 Å². The zero-order chi connectivity index (χ0) is 14.0. The van der Waals surface area contributed by atoms with E-state index in [9.17, 15) is 14.7 Å². The van der Waals surface area contributed by atoms with Gasteiger partial charge in [0.2, 0.25) is 0 Å². The van der Waals surface area contributed by atoms with Crippen LogP contribution in [0.15, 0.2) is 0 Å². The summed E-state index contributed by atoms with van der Waals surface area (Å²) in [5.74, 6) is -1.14. The maximum absolute atomic E-state index is 12.3. The van der Waals surface area contributed by atoms with Gasteiger partial charge in [0.1, 0.15) is 6.10 Å². The van der Waals surface area contributed by atoms with Crippen LogP contribution in [0.5, 0.6) is 0 Å². The van der Waals surface area contributed by atoms with E-state index in [1.807, 2.05) is 0 Å². The first kappa shape index (κ1) is 14.3. The van der Waals surface area contributed by atoms with E-state index in [1.165, 1.54) is 0 Å². The Kier molecular flexibility index (Phi) is 4.10. The van der Waals surface area contributed by atoms with Gasteiger partial charge in [-0.15, -0.1) is 0 Å². The maximum atomic E-state index is 12.3. The molecule has 0 aromatic heterocycles. The third kappa shape index (κ3) is 3.45. The Morgan fingerprint density at radius 1 is 1.21 bits per heavy atom. The quantitative estimate of drug-likeness (QED) is 0.758. The van der Waals surface area contributed by atoms with Crippen molar-refractivity contribution in [3.63, 3.8) is 0 Å². The van der Waals surface area contributed by atoms with Crippen LogP contribution in [0, 0.1) is 0 Å². The number of nitrogens with zero attached hydrogens (tertiary/aromatic N) is 1. The monoisotopic (exact) mass is 271 g/mol. The molecule has 2 rings (SSSR count). The molecule has 0 bridgehead atoms. The topological polar surface area (TPSA) is 87.1 Å². The van der Waals surface area contributed by atoms with Crippen LogP contribution >= 0.6 is 0 Å². The van der Waals surface area contributed by atoms with Gasteiger partial charge >= 0.3 is 5.97 Å². The van der Waals surface area contributed by atoms with Crippen LogP contribution in [-0.2, 0) is 14.3 Å². The van der Waals surface area contributed by atoms with Crippen molar-refractivity contribution in [3.05, 3.63) is 0 Å². The molecule has 2 aliphatic rings. The molecule has 0 aromatic rings. The number of likely N-dealkylation sites (tertiary alicyclic amines) is 1. The smallest absolute Gasteiger partial charge is 0.332 e. The Labute approximate surface area is 112 Å². The van der Waals surface area contributed by atoms with Crippen LogP contribution < -0.4 is 0 Å². The molecule has 0 aliphatic carbocycles. The number of hydrogen-bond donors (Lipinski definition) is 2. The lowest BCUT2D eigenvalue weighted by Crippen LogP contribution is -2.40. The summed E-state index contributed by atoms with van der Waals surface area (Å²) in [5.41, 5.74) is -0.713. The fraction of sp³-hybridized carbons (Fsp3) is 0.846. The molecule has 2 aliphatic heterocycles. The molecular formula is C13H21NO5. The average Bonchev–Trinajstić information content (AvgIpc) is 2.75. The second-order valence-corrected chi connectivity index (χ2v) is 5.70. The van der Waals surface area contributed by atoms with E-state index in [0.29, 0.717) is 38.8 Å². The van der Waals surface area contributed by atoms with Gasteiger partial charge < -0.3 is 19.8 Å². The summed E-state index contributed by atoms with van der Waals surface area (Å²) in [6.45, 7) is 2.89. The van der Waals surface area contributed by atoms with E-state index >= 15 is 0 Å². The van der Waals surface area contributed by atoms with Gasteiger partial charge in [0.15, 0.2) is 6.10 Å². The van der Waals surface area contributed by atoms with Crippen LogP contribution in [0.1, 0.15) is 39.0 Å². The largest absolute Gasteiger partial charge is 0.479 e. The maximum Gasteiger partial charge on any atom is 0.332 e. The summed E-state index contributed by atoms with van der Waals surface area (Å²) >= 11 is 0. The van der Waals surface area contributed by atoms with Gasteiger partial charge in [-0.3, -0.25) is 4.79 Å². The fourth-order valence-electron chi connectivity index (χ4n) is 2.69. The summed E-state index contributed by atoms with van der Waals surface area (Å²) in [5, 5.41) is 18.8. The summed E-state index contributed by atoms with van der Waals surface area (Å²) < 4.78 is 5.28. The van der Waals surface area contributed by atoms with Crippen LogP contribution in [0.2, 0.25) is 0 Å². The number of hydrogen-bond acceptors (Lipinski definition) is 4. The highest BCUT2D eigenvalue weighted by Crippen LogP contribution is 2.25. The van der Waals surface area contributed by atoms with Gasteiger partial charge in [-0.05, 0) is 39.0 Å². The standard InChI is InChI=1S/C13H21NO5/c1-13(18)5-2-7-14(8-6-13)11(15)9-3-4-10(19-9)12(16)17/h9-10,18H,2-8H2,1H3,(H,16,17). The van der Waals surface area contributed by atoms with Crippen molar-refractivity contribution < 1.29 is 24.5 Å². The number of carboxylic acid groups (broad SMARTS) is 1. The highest BCUT2D eigenvalue weighted by Gasteiger charge is 2.37. The van der Waals surface area contributed by atoms with Gasteiger partial charge in [-0.25, -0.2) is 4.79 Å². The normalized spacial score (nSPS) is 36.0. The molecule has 1 amide bonds. The van der Waals surface area contributed by atoms with Crippen molar-refractivity contribution in [2.45, 2.75) is 56.8 Å². The van der Waals surface area contributed by atoms with Crippen molar-refractivity contribution in [2.24, 2.45) is 0 Å². The van der Waals surface area contributed by atoms with Gasteiger partial charge in [0.05, 0.1) is 5.60 Å². The summed E-state index contributed by atoms with van der Waals surface area (Å²) in [6, 6.07) is 0. The number of carbonyl (C=O) groups is 2. The first-order chi connectivity index (χ1) is 8.89. The van der Waals surface area contributed by atoms with Crippen LogP contribution in [0.25, 0.3) is 0 Å². The second kappa shape index (κ2) is 5.46. The first-order valence-electron chi connectivity index (χ1n) is 6.78. The van der Waals surface area contributed by atoms with Crippen LogP contribution in [-0.4, -0.2) is 57.9 Å². The third-order valence-electron chi connectivity index (χ3n) is 3.95. The molecule has 0 radical (unpaired) electrons. The van der Waals surface area contributed by atoms with Crippen LogP contribution in [0.3, 0.4) is 0 Å². The molecule has 2 fully saturated rings. The summed E-state index contributed by atoms with van der Waals surface area (Å²) in [6.07, 6.45) is 1.34. The number of amides is 1. The zero-order valence-electron chi connectivity index (χ0n) is 11.2. The Bertz CT molecular complexity index is 368. The van der Waals surface area contributed by atoms with Crippen LogP contribution in [0.4, 0.5) is 0 Å². The molecule has 0 spiro atoms. The van der Waals surface area contributed by atoms with E-state index < -0.39 is 23.8 Å². The van der Waals surface area contributed by atoms with E-state index in [2.05, 4.69) is 0 Å². The molecule has 6 nitrogen and oxygen atoms in total. The lowest BCUT2D eigenvalue weighted by molar-refractivity contribution is -0.154. The highest BCUT2D eigenvalue weighted by molar-refractivity contribution is 5.82. The van der Waals surface area contributed by atoms with Gasteiger partial charge in [-0.2, -0.15) is 0 Å². The SMILES string of the molecule is CC1(O)CCCN(C(=O)C2CCC(C(=O)O)O2)CC1. The van der Waals surface area contributed by atoms with Crippen molar-refractivity contribution >= 4 is 11.9 Å². The highest BCUT2D eigenvalue weighted by atomic mass is 16.5. The Hall–Kier alpha value is -1.14. The molecule has 2 N–H and O–H groups in total. The second-order valence-electron chi connectivity index (χ2n) is 5.70. The predicted octanol–water partition coefficient (Wildman–Crippen LogP) is 0.382. The van der Waals surface area contributed by atoms with E-state index in [1.54, 1.807) is 11.8 Å². The average molecular weight is 271 g/mol. The lowest BCUT2D eigenvalue weighted by Gasteiger charge is -2.24. The van der Waals surface area contributed by atoms with Gasteiger partial charge in [0, 0.05) is 13.1 Å². The van der Waals surface area contributed by atoms with E-state index in [4.69, 9.17) is 9.84 Å². The Morgan fingerprint density at radius 3 is 2.53 bits per heavy atom. The molecule has 108 valence electrons.